The highest BCUT2D eigenvalue weighted by molar-refractivity contribution is 6.07. The minimum absolute atomic E-state index is 0.227. The molecule has 0 unspecified atom stereocenters. The number of amides is 1. The number of aliphatic carboxylic acids is 1. The molecule has 3 N–H and O–H groups in total. The number of nitrogens with two attached hydrogens (primary N) is 1. The summed E-state index contributed by atoms with van der Waals surface area (Å²) in [7, 11) is 0. The van der Waals surface area contributed by atoms with Crippen LogP contribution in [0.5, 0.6) is 0 Å². The van der Waals surface area contributed by atoms with Gasteiger partial charge in [-0.1, -0.05) is 12.1 Å². The second-order valence-corrected chi connectivity index (χ2v) is 5.35. The van der Waals surface area contributed by atoms with Crippen molar-refractivity contribution in [1.82, 2.24) is 9.55 Å². The van der Waals surface area contributed by atoms with Gasteiger partial charge in [0.15, 0.2) is 0 Å². The van der Waals surface area contributed by atoms with Crippen LogP contribution >= 0.6 is 0 Å². The molecule has 0 radical (unpaired) electrons. The number of hydrogen-bond donors (Lipinski definition) is 2. The van der Waals surface area contributed by atoms with Crippen molar-refractivity contribution in [3.8, 4) is 11.1 Å². The number of primary amides is 1. The Morgan fingerprint density at radius 3 is 2.57 bits per heavy atom. The van der Waals surface area contributed by atoms with Gasteiger partial charge in [0.1, 0.15) is 6.54 Å². The normalized spacial score (nSPS) is 10.8. The number of carbonyl (C=O) groups excluding carboxylic acids is 1. The van der Waals surface area contributed by atoms with Crippen LogP contribution in [-0.2, 0) is 11.3 Å². The molecule has 0 aliphatic heterocycles. The predicted molar refractivity (Wildman–Crippen MR) is 86.1 cm³/mol. The third-order valence-corrected chi connectivity index (χ3v) is 3.70. The molecule has 116 valence electrons. The number of carboxylic acids is 1. The van der Waals surface area contributed by atoms with Crippen LogP contribution in [0, 0.1) is 6.92 Å². The van der Waals surface area contributed by atoms with Crippen LogP contribution in [0.25, 0.3) is 22.0 Å². The Morgan fingerprint density at radius 2 is 1.96 bits per heavy atom. The van der Waals surface area contributed by atoms with Gasteiger partial charge >= 0.3 is 5.97 Å². The molecule has 0 bridgehead atoms. The number of benzene rings is 1. The Morgan fingerprint density at radius 1 is 1.22 bits per heavy atom. The quantitative estimate of drug-likeness (QED) is 0.771. The van der Waals surface area contributed by atoms with Crippen LogP contribution in [0.15, 0.2) is 42.7 Å². The highest BCUT2D eigenvalue weighted by Gasteiger charge is 2.15. The first-order valence-corrected chi connectivity index (χ1v) is 7.03. The van der Waals surface area contributed by atoms with Gasteiger partial charge in [0.25, 0.3) is 5.91 Å². The van der Waals surface area contributed by atoms with Crippen molar-refractivity contribution in [2.24, 2.45) is 5.73 Å². The third kappa shape index (κ3) is 2.78. The van der Waals surface area contributed by atoms with Crippen molar-refractivity contribution in [3.05, 3.63) is 54.0 Å². The lowest BCUT2D eigenvalue weighted by atomic mass is 10.0. The van der Waals surface area contributed by atoms with Gasteiger partial charge in [0.05, 0.1) is 5.56 Å². The van der Waals surface area contributed by atoms with Crippen molar-refractivity contribution in [2.75, 3.05) is 0 Å². The second kappa shape index (κ2) is 5.57. The fraction of sp³-hybridized carbons (Fsp3) is 0.118. The van der Waals surface area contributed by atoms with E-state index in [-0.39, 0.29) is 6.54 Å². The molecule has 0 saturated heterocycles. The van der Waals surface area contributed by atoms with E-state index in [1.54, 1.807) is 12.3 Å². The van der Waals surface area contributed by atoms with Gasteiger partial charge in [-0.3, -0.25) is 14.6 Å². The Kier molecular flexibility index (Phi) is 3.57. The number of hydrogen-bond acceptors (Lipinski definition) is 3. The molecular formula is C17H15N3O3. The SMILES string of the molecule is Cc1ccc(-c2ccc3c(c2)c(C(N)=O)cn3CC(=O)O)cn1. The van der Waals surface area contributed by atoms with Gasteiger partial charge < -0.3 is 15.4 Å². The van der Waals surface area contributed by atoms with E-state index in [4.69, 9.17) is 10.8 Å². The van der Waals surface area contributed by atoms with E-state index in [1.165, 1.54) is 10.8 Å². The maximum Gasteiger partial charge on any atom is 0.323 e. The molecule has 0 spiro atoms. The van der Waals surface area contributed by atoms with Crippen molar-refractivity contribution < 1.29 is 14.7 Å². The molecular weight excluding hydrogens is 294 g/mol. The zero-order valence-electron chi connectivity index (χ0n) is 12.5. The van der Waals surface area contributed by atoms with Crippen LogP contribution in [0.2, 0.25) is 0 Å². The van der Waals surface area contributed by atoms with Gasteiger partial charge in [0.2, 0.25) is 0 Å². The lowest BCUT2D eigenvalue weighted by molar-refractivity contribution is -0.137. The summed E-state index contributed by atoms with van der Waals surface area (Å²) in [6.45, 7) is 1.68. The van der Waals surface area contributed by atoms with Crippen molar-refractivity contribution in [2.45, 2.75) is 13.5 Å². The predicted octanol–water partition coefficient (Wildman–Crippen LogP) is 2.20. The third-order valence-electron chi connectivity index (χ3n) is 3.70. The van der Waals surface area contributed by atoms with Crippen LogP contribution < -0.4 is 5.73 Å². The Labute approximate surface area is 132 Å². The fourth-order valence-corrected chi connectivity index (χ4v) is 2.59. The molecule has 6 nitrogen and oxygen atoms in total. The number of fused-ring (bicyclic) bond motifs is 1. The number of rotatable bonds is 4. The fourth-order valence-electron chi connectivity index (χ4n) is 2.59. The molecule has 1 aromatic carbocycles. The average Bonchev–Trinajstić information content (AvgIpc) is 2.85. The number of carboxylic acid groups (broad SMARTS) is 1. The molecule has 2 aromatic heterocycles. The molecule has 0 saturated carbocycles. The number of carbonyl (C=O) groups is 2. The molecule has 0 fully saturated rings. The molecule has 0 aliphatic carbocycles. The summed E-state index contributed by atoms with van der Waals surface area (Å²) < 4.78 is 1.51. The Balaban J connectivity index is 2.18. The number of pyridine rings is 1. The summed E-state index contributed by atoms with van der Waals surface area (Å²) in [5.41, 5.74) is 9.11. The van der Waals surface area contributed by atoms with E-state index < -0.39 is 11.9 Å². The summed E-state index contributed by atoms with van der Waals surface area (Å²) in [4.78, 5) is 26.9. The van der Waals surface area contributed by atoms with E-state index >= 15 is 0 Å². The van der Waals surface area contributed by atoms with E-state index in [2.05, 4.69) is 4.98 Å². The lowest BCUT2D eigenvalue weighted by Crippen LogP contribution is -2.11. The van der Waals surface area contributed by atoms with Crippen LogP contribution in [0.4, 0.5) is 0 Å². The highest BCUT2D eigenvalue weighted by atomic mass is 16.4. The maximum atomic E-state index is 11.7. The van der Waals surface area contributed by atoms with Crippen LogP contribution in [0.3, 0.4) is 0 Å². The summed E-state index contributed by atoms with van der Waals surface area (Å²) in [5, 5.41) is 9.62. The smallest absolute Gasteiger partial charge is 0.323 e. The first kappa shape index (κ1) is 14.8. The van der Waals surface area contributed by atoms with E-state index in [0.717, 1.165) is 16.8 Å². The number of aromatic nitrogens is 2. The van der Waals surface area contributed by atoms with Gasteiger partial charge in [-0.05, 0) is 30.7 Å². The lowest BCUT2D eigenvalue weighted by Gasteiger charge is -2.05. The standard InChI is InChI=1S/C17H15N3O3/c1-10-2-3-12(7-19-10)11-4-5-15-13(6-11)14(17(18)23)8-20(15)9-16(21)22/h2-8H,9H2,1H3,(H2,18,23)(H,21,22). The summed E-state index contributed by atoms with van der Waals surface area (Å²) in [5.74, 6) is -1.57. The van der Waals surface area contributed by atoms with Crippen LogP contribution in [-0.4, -0.2) is 26.5 Å². The minimum Gasteiger partial charge on any atom is -0.480 e. The molecule has 2 heterocycles. The Bertz CT molecular complexity index is 911. The largest absolute Gasteiger partial charge is 0.480 e. The van der Waals surface area contributed by atoms with E-state index in [0.29, 0.717) is 16.5 Å². The highest BCUT2D eigenvalue weighted by Crippen LogP contribution is 2.28. The summed E-state index contributed by atoms with van der Waals surface area (Å²) in [6, 6.07) is 9.35. The number of nitrogens with zero attached hydrogens (tertiary/aromatic N) is 2. The molecule has 1 amide bonds. The average molecular weight is 309 g/mol. The van der Waals surface area contributed by atoms with Crippen LogP contribution in [0.1, 0.15) is 16.1 Å². The molecule has 0 atom stereocenters. The van der Waals surface area contributed by atoms with Crippen molar-refractivity contribution >= 4 is 22.8 Å². The van der Waals surface area contributed by atoms with Gasteiger partial charge in [-0.25, -0.2) is 0 Å². The van der Waals surface area contributed by atoms with Gasteiger partial charge in [-0.2, -0.15) is 0 Å². The zero-order chi connectivity index (χ0) is 16.6. The monoisotopic (exact) mass is 309 g/mol. The second-order valence-electron chi connectivity index (χ2n) is 5.35. The van der Waals surface area contributed by atoms with Gasteiger partial charge in [-0.15, -0.1) is 0 Å². The molecule has 3 aromatic rings. The Hall–Kier alpha value is -3.15. The first-order valence-electron chi connectivity index (χ1n) is 7.03. The zero-order valence-corrected chi connectivity index (χ0v) is 12.5. The molecule has 23 heavy (non-hydrogen) atoms. The summed E-state index contributed by atoms with van der Waals surface area (Å²) in [6.07, 6.45) is 3.24. The topological polar surface area (TPSA) is 98.2 Å². The maximum absolute atomic E-state index is 11.7. The number of aryl methyl sites for hydroxylation is 1. The minimum atomic E-state index is -0.982. The molecule has 6 heteroatoms. The summed E-state index contributed by atoms with van der Waals surface area (Å²) >= 11 is 0. The molecule has 0 aliphatic rings. The van der Waals surface area contributed by atoms with Crippen molar-refractivity contribution in [1.29, 1.82) is 0 Å². The van der Waals surface area contributed by atoms with Gasteiger partial charge in [0, 0.05) is 34.6 Å². The first-order chi connectivity index (χ1) is 11.0. The molecule has 3 rings (SSSR count). The van der Waals surface area contributed by atoms with E-state index in [9.17, 15) is 9.59 Å². The van der Waals surface area contributed by atoms with Crippen molar-refractivity contribution in [3.63, 3.8) is 0 Å². The van der Waals surface area contributed by atoms with E-state index in [1.807, 2.05) is 31.2 Å².